The zero-order valence-corrected chi connectivity index (χ0v) is 9.54. The molecule has 0 bridgehead atoms. The molecule has 0 heterocycles. The molecule has 1 aliphatic rings. The van der Waals surface area contributed by atoms with E-state index in [1.807, 2.05) is 6.08 Å². The second-order valence-electron chi connectivity index (χ2n) is 3.99. The number of ether oxygens (including phenoxy) is 2. The van der Waals surface area contributed by atoms with Gasteiger partial charge >= 0.3 is 0 Å². The molecule has 0 atom stereocenters. The van der Waals surface area contributed by atoms with E-state index in [-0.39, 0.29) is 0 Å². The highest BCUT2D eigenvalue weighted by Gasteiger charge is 2.19. The third kappa shape index (κ3) is 8.60. The Balaban J connectivity index is 1.63. The summed E-state index contributed by atoms with van der Waals surface area (Å²) in [6.07, 6.45) is 7.26. The van der Waals surface area contributed by atoms with Gasteiger partial charge in [0.05, 0.1) is 19.9 Å². The molecular formula is C12H23NO2. The van der Waals surface area contributed by atoms with Crippen LogP contribution in [-0.2, 0) is 9.47 Å². The number of rotatable bonds is 11. The van der Waals surface area contributed by atoms with E-state index in [2.05, 4.69) is 11.9 Å². The van der Waals surface area contributed by atoms with Crippen LogP contribution in [0, 0.1) is 5.92 Å². The molecular weight excluding hydrogens is 190 g/mol. The summed E-state index contributed by atoms with van der Waals surface area (Å²) in [7, 11) is 0. The SMILES string of the molecule is C=CCNCOCCOCCCC1CC1. The zero-order valence-electron chi connectivity index (χ0n) is 9.54. The fourth-order valence-electron chi connectivity index (χ4n) is 1.41. The van der Waals surface area contributed by atoms with E-state index in [1.165, 1.54) is 25.7 Å². The number of hydrogen-bond acceptors (Lipinski definition) is 3. The van der Waals surface area contributed by atoms with Crippen LogP contribution in [0.25, 0.3) is 0 Å². The van der Waals surface area contributed by atoms with Gasteiger partial charge in [0.2, 0.25) is 0 Å². The van der Waals surface area contributed by atoms with Gasteiger partial charge in [-0.2, -0.15) is 0 Å². The van der Waals surface area contributed by atoms with Crippen LogP contribution in [0.5, 0.6) is 0 Å². The minimum Gasteiger partial charge on any atom is -0.379 e. The summed E-state index contributed by atoms with van der Waals surface area (Å²) >= 11 is 0. The quantitative estimate of drug-likeness (QED) is 0.323. The summed E-state index contributed by atoms with van der Waals surface area (Å²) in [6, 6.07) is 0. The second-order valence-corrected chi connectivity index (χ2v) is 3.99. The number of hydrogen-bond donors (Lipinski definition) is 1. The lowest BCUT2D eigenvalue weighted by molar-refractivity contribution is 0.0400. The minimum absolute atomic E-state index is 0.581. The lowest BCUT2D eigenvalue weighted by atomic mass is 10.2. The smallest absolute Gasteiger partial charge is 0.0968 e. The molecule has 1 saturated carbocycles. The van der Waals surface area contributed by atoms with Crippen LogP contribution < -0.4 is 5.32 Å². The average Bonchev–Trinajstić information content (AvgIpc) is 3.05. The molecule has 1 aliphatic carbocycles. The Bertz CT molecular complexity index is 158. The Labute approximate surface area is 92.8 Å². The van der Waals surface area contributed by atoms with Crippen molar-refractivity contribution >= 4 is 0 Å². The van der Waals surface area contributed by atoms with Gasteiger partial charge in [-0.3, -0.25) is 5.32 Å². The first-order valence-corrected chi connectivity index (χ1v) is 5.90. The van der Waals surface area contributed by atoms with Crippen LogP contribution in [0.1, 0.15) is 25.7 Å². The monoisotopic (exact) mass is 213 g/mol. The minimum atomic E-state index is 0.581. The van der Waals surface area contributed by atoms with Crippen LogP contribution in [0.3, 0.4) is 0 Å². The van der Waals surface area contributed by atoms with E-state index >= 15 is 0 Å². The van der Waals surface area contributed by atoms with Crippen LogP contribution in [-0.4, -0.2) is 33.1 Å². The summed E-state index contributed by atoms with van der Waals surface area (Å²) in [5, 5.41) is 3.06. The first kappa shape index (κ1) is 12.7. The molecule has 0 aromatic rings. The van der Waals surface area contributed by atoms with E-state index in [0.29, 0.717) is 19.9 Å². The predicted octanol–water partition coefficient (Wildman–Crippen LogP) is 1.94. The fraction of sp³-hybridized carbons (Fsp3) is 0.833. The van der Waals surface area contributed by atoms with Gasteiger partial charge < -0.3 is 9.47 Å². The molecule has 1 fully saturated rings. The Morgan fingerprint density at radius 2 is 2.00 bits per heavy atom. The topological polar surface area (TPSA) is 30.5 Å². The highest BCUT2D eigenvalue weighted by Crippen LogP contribution is 2.33. The highest BCUT2D eigenvalue weighted by atomic mass is 16.5. The molecule has 3 nitrogen and oxygen atoms in total. The molecule has 1 rings (SSSR count). The molecule has 0 aromatic heterocycles. The summed E-state index contributed by atoms with van der Waals surface area (Å²) < 4.78 is 10.7. The summed E-state index contributed by atoms with van der Waals surface area (Å²) in [5.41, 5.74) is 0. The van der Waals surface area contributed by atoms with Gasteiger partial charge in [0.25, 0.3) is 0 Å². The molecule has 0 aromatic carbocycles. The molecule has 1 N–H and O–H groups in total. The van der Waals surface area contributed by atoms with Gasteiger partial charge in [-0.15, -0.1) is 6.58 Å². The lowest BCUT2D eigenvalue weighted by Gasteiger charge is -2.05. The zero-order chi connectivity index (χ0) is 10.8. The van der Waals surface area contributed by atoms with Gasteiger partial charge in [-0.1, -0.05) is 18.9 Å². The van der Waals surface area contributed by atoms with Crippen LogP contribution in [0.15, 0.2) is 12.7 Å². The summed E-state index contributed by atoms with van der Waals surface area (Å²) in [4.78, 5) is 0. The maximum atomic E-state index is 5.45. The van der Waals surface area contributed by atoms with E-state index in [4.69, 9.17) is 9.47 Å². The van der Waals surface area contributed by atoms with Gasteiger partial charge in [-0.05, 0) is 18.8 Å². The summed E-state index contributed by atoms with van der Waals surface area (Å²) in [5.74, 6) is 1.02. The maximum absolute atomic E-state index is 5.45. The van der Waals surface area contributed by atoms with Crippen molar-refractivity contribution in [2.45, 2.75) is 25.7 Å². The molecule has 0 spiro atoms. The molecule has 3 heteroatoms. The fourth-order valence-corrected chi connectivity index (χ4v) is 1.41. The molecule has 15 heavy (non-hydrogen) atoms. The van der Waals surface area contributed by atoms with Crippen LogP contribution in [0.2, 0.25) is 0 Å². The van der Waals surface area contributed by atoms with Gasteiger partial charge in [0, 0.05) is 13.2 Å². The van der Waals surface area contributed by atoms with Crippen LogP contribution >= 0.6 is 0 Å². The number of nitrogens with one attached hydrogen (secondary N) is 1. The van der Waals surface area contributed by atoms with E-state index < -0.39 is 0 Å². The molecule has 0 aliphatic heterocycles. The highest BCUT2D eigenvalue weighted by molar-refractivity contribution is 4.72. The molecule has 0 radical (unpaired) electrons. The molecule has 0 amide bonds. The Hall–Kier alpha value is -0.380. The van der Waals surface area contributed by atoms with Crippen molar-refractivity contribution in [3.05, 3.63) is 12.7 Å². The standard InChI is InChI=1S/C12H23NO2/c1-2-7-13-11-15-10-9-14-8-3-4-12-5-6-12/h2,12-13H,1,3-11H2. The summed E-state index contributed by atoms with van der Waals surface area (Å²) in [6.45, 7) is 7.25. The first-order chi connectivity index (χ1) is 7.43. The van der Waals surface area contributed by atoms with Crippen LogP contribution in [0.4, 0.5) is 0 Å². The molecule has 88 valence electrons. The van der Waals surface area contributed by atoms with Crippen molar-refractivity contribution in [1.82, 2.24) is 5.32 Å². The van der Waals surface area contributed by atoms with E-state index in [0.717, 1.165) is 19.1 Å². The largest absolute Gasteiger partial charge is 0.379 e. The van der Waals surface area contributed by atoms with Crippen molar-refractivity contribution in [3.63, 3.8) is 0 Å². The Morgan fingerprint density at radius 3 is 2.73 bits per heavy atom. The third-order valence-corrected chi connectivity index (χ3v) is 2.46. The normalized spacial score (nSPS) is 15.5. The van der Waals surface area contributed by atoms with Crippen molar-refractivity contribution in [2.24, 2.45) is 5.92 Å². The predicted molar refractivity (Wildman–Crippen MR) is 61.8 cm³/mol. The molecule has 0 unspecified atom stereocenters. The Morgan fingerprint density at radius 1 is 1.20 bits per heavy atom. The van der Waals surface area contributed by atoms with E-state index in [1.54, 1.807) is 0 Å². The van der Waals surface area contributed by atoms with Gasteiger partial charge in [0.15, 0.2) is 0 Å². The molecule has 0 saturated heterocycles. The first-order valence-electron chi connectivity index (χ1n) is 5.90. The van der Waals surface area contributed by atoms with Crippen molar-refractivity contribution in [2.75, 3.05) is 33.1 Å². The Kier molecular flexibility index (Phi) is 7.52. The lowest BCUT2D eigenvalue weighted by Crippen LogP contribution is -2.19. The van der Waals surface area contributed by atoms with Crippen molar-refractivity contribution in [1.29, 1.82) is 0 Å². The van der Waals surface area contributed by atoms with Gasteiger partial charge in [-0.25, -0.2) is 0 Å². The van der Waals surface area contributed by atoms with Crippen molar-refractivity contribution in [3.8, 4) is 0 Å². The third-order valence-electron chi connectivity index (χ3n) is 2.46. The average molecular weight is 213 g/mol. The van der Waals surface area contributed by atoms with E-state index in [9.17, 15) is 0 Å². The second kappa shape index (κ2) is 8.89. The van der Waals surface area contributed by atoms with Gasteiger partial charge in [0.1, 0.15) is 0 Å². The maximum Gasteiger partial charge on any atom is 0.0968 e. The van der Waals surface area contributed by atoms with Crippen molar-refractivity contribution < 1.29 is 9.47 Å².